The van der Waals surface area contributed by atoms with Gasteiger partial charge < -0.3 is 4.90 Å². The zero-order valence-electron chi connectivity index (χ0n) is 21.5. The Balaban J connectivity index is 1.16. The Hall–Kier alpha value is -2.91. The van der Waals surface area contributed by atoms with Crippen molar-refractivity contribution in [3.05, 3.63) is 64.7 Å². The van der Waals surface area contributed by atoms with Gasteiger partial charge in [0, 0.05) is 44.8 Å². The zero-order chi connectivity index (χ0) is 27.0. The molecule has 3 aromatic heterocycles. The van der Waals surface area contributed by atoms with Gasteiger partial charge in [0.25, 0.3) is 0 Å². The minimum Gasteiger partial charge on any atom is -0.340 e. The van der Waals surface area contributed by atoms with Crippen molar-refractivity contribution in [1.82, 2.24) is 39.4 Å². The molecule has 0 atom stereocenters. The number of carbonyl (C=O) groups excluding carboxylic acids is 1. The van der Waals surface area contributed by atoms with Crippen molar-refractivity contribution in [2.45, 2.75) is 45.1 Å². The molecule has 5 rings (SSSR count). The molecule has 0 saturated carbocycles. The van der Waals surface area contributed by atoms with Crippen molar-refractivity contribution in [2.24, 2.45) is 0 Å². The van der Waals surface area contributed by atoms with Crippen LogP contribution in [0.15, 0.2) is 41.3 Å². The van der Waals surface area contributed by atoms with Gasteiger partial charge in [-0.05, 0) is 62.6 Å². The molecular formula is C25H29IN8O3S. The molecule has 1 aromatic carbocycles. The van der Waals surface area contributed by atoms with E-state index in [-0.39, 0.29) is 5.91 Å². The smallest absolute Gasteiger partial charge is 0.231 e. The molecule has 200 valence electrons. The molecule has 1 saturated heterocycles. The maximum atomic E-state index is 13.0. The van der Waals surface area contributed by atoms with Gasteiger partial charge in [0.2, 0.25) is 12.9 Å². The van der Waals surface area contributed by atoms with Gasteiger partial charge in [0.1, 0.15) is 0 Å². The Morgan fingerprint density at radius 1 is 0.947 bits per heavy atom. The molecule has 1 amide bonds. The summed E-state index contributed by atoms with van der Waals surface area (Å²) in [7, 11) is -3.22. The average molecular weight is 649 g/mol. The first-order chi connectivity index (χ1) is 18.1. The molecule has 11 nitrogen and oxygen atoms in total. The second-order valence-electron chi connectivity index (χ2n) is 9.51. The number of amides is 1. The Morgan fingerprint density at radius 2 is 1.66 bits per heavy atom. The van der Waals surface area contributed by atoms with Crippen LogP contribution < -0.4 is 0 Å². The van der Waals surface area contributed by atoms with Crippen LogP contribution in [-0.2, 0) is 24.8 Å². The summed E-state index contributed by atoms with van der Waals surface area (Å²) in [6, 6.07) is 10.7. The molecule has 13 heteroatoms. The van der Waals surface area contributed by atoms with Crippen LogP contribution in [0.5, 0.6) is 0 Å². The summed E-state index contributed by atoms with van der Waals surface area (Å²) < 4.78 is 26.8. The Labute approximate surface area is 233 Å². The molecule has 38 heavy (non-hydrogen) atoms. The van der Waals surface area contributed by atoms with Crippen molar-refractivity contribution in [1.29, 1.82) is 0 Å². The van der Waals surface area contributed by atoms with Crippen molar-refractivity contribution in [3.63, 3.8) is 0 Å². The lowest BCUT2D eigenvalue weighted by atomic mass is 10.1. The minimum atomic E-state index is -3.22. The van der Waals surface area contributed by atoms with Crippen LogP contribution in [0.4, 0.5) is 0 Å². The molecule has 4 aromatic rings. The van der Waals surface area contributed by atoms with Gasteiger partial charge in [0.05, 0.1) is 31.8 Å². The highest BCUT2D eigenvalue weighted by molar-refractivity contribution is 14.2. The highest BCUT2D eigenvalue weighted by Gasteiger charge is 2.23. The van der Waals surface area contributed by atoms with E-state index in [9.17, 15) is 13.2 Å². The number of hydrogen-bond donors (Lipinski definition) is 0. The molecule has 0 N–H and O–H groups in total. The third kappa shape index (κ3) is 5.59. The summed E-state index contributed by atoms with van der Waals surface area (Å²) in [6.45, 7) is 9.48. The first-order valence-electron chi connectivity index (χ1n) is 12.4. The van der Waals surface area contributed by atoms with Crippen LogP contribution in [0.3, 0.4) is 0 Å². The van der Waals surface area contributed by atoms with Gasteiger partial charge >= 0.3 is 0 Å². The summed E-state index contributed by atoms with van der Waals surface area (Å²) >= 11 is 1.45. The van der Waals surface area contributed by atoms with Crippen molar-refractivity contribution < 1.29 is 13.2 Å². The number of fused-ring (bicyclic) bond motifs is 1. The number of rotatable bonds is 7. The fourth-order valence-corrected chi connectivity index (χ4v) is 6.16. The lowest BCUT2D eigenvalue weighted by Gasteiger charge is -2.35. The highest BCUT2D eigenvalue weighted by atomic mass is 127. The molecule has 0 aliphatic carbocycles. The number of carbonyl (C=O) groups is 1. The molecule has 1 fully saturated rings. The summed E-state index contributed by atoms with van der Waals surface area (Å²) in [5.74, 6) is 1.53. The van der Waals surface area contributed by atoms with Crippen LogP contribution in [0, 0.1) is 20.8 Å². The summed E-state index contributed by atoms with van der Waals surface area (Å²) in [4.78, 5) is 17.6. The standard InChI is InChI=1S/C25H29IN8O3S/c1-17-22(18(2)33(29-17)24-10-9-23-28-27-19(3)34(23)30-24)8-11-25(35)32-14-12-31(13-15-32)16-20-4-6-21(7-5-20)38(26,36)37/h4-7,9-10H,8,11-16H2,1-3H3. The van der Waals surface area contributed by atoms with E-state index in [0.717, 1.165) is 42.1 Å². The molecular weight excluding hydrogens is 619 g/mol. The van der Waals surface area contributed by atoms with Gasteiger partial charge in [0.15, 0.2) is 17.3 Å². The van der Waals surface area contributed by atoms with Gasteiger partial charge in [-0.25, -0.2) is 13.1 Å². The fourth-order valence-electron chi connectivity index (χ4n) is 4.82. The number of aryl methyl sites for hydroxylation is 2. The number of benzene rings is 1. The zero-order valence-corrected chi connectivity index (χ0v) is 24.5. The summed E-state index contributed by atoms with van der Waals surface area (Å²) in [5, 5.41) is 17.5. The molecule has 0 bridgehead atoms. The predicted octanol–water partition coefficient (Wildman–Crippen LogP) is 2.64. The number of nitrogens with zero attached hydrogens (tertiary/aromatic N) is 8. The van der Waals surface area contributed by atoms with Crippen LogP contribution in [0.2, 0.25) is 0 Å². The summed E-state index contributed by atoms with van der Waals surface area (Å²) in [6.07, 6.45) is 1.05. The Morgan fingerprint density at radius 3 is 2.34 bits per heavy atom. The number of hydrogen-bond acceptors (Lipinski definition) is 8. The second-order valence-corrected chi connectivity index (χ2v) is 14.3. The maximum Gasteiger partial charge on any atom is 0.231 e. The van der Waals surface area contributed by atoms with E-state index in [1.54, 1.807) is 16.6 Å². The van der Waals surface area contributed by atoms with Crippen molar-refractivity contribution >= 4 is 39.8 Å². The van der Waals surface area contributed by atoms with Gasteiger partial charge in [-0.3, -0.25) is 9.69 Å². The Bertz CT molecular complexity index is 1590. The van der Waals surface area contributed by atoms with E-state index >= 15 is 0 Å². The lowest BCUT2D eigenvalue weighted by Crippen LogP contribution is -2.48. The third-order valence-corrected chi connectivity index (χ3v) is 9.35. The molecule has 4 heterocycles. The fraction of sp³-hybridized carbons (Fsp3) is 0.400. The van der Waals surface area contributed by atoms with E-state index in [1.165, 1.54) is 21.2 Å². The number of aromatic nitrogens is 6. The first kappa shape index (κ1) is 26.7. The van der Waals surface area contributed by atoms with E-state index < -0.39 is 7.01 Å². The van der Waals surface area contributed by atoms with E-state index in [2.05, 4.69) is 20.2 Å². The first-order valence-corrected chi connectivity index (χ1v) is 16.4. The molecule has 1 aliphatic rings. The number of piperazine rings is 1. The highest BCUT2D eigenvalue weighted by Crippen LogP contribution is 2.21. The average Bonchev–Trinajstić information content (AvgIpc) is 3.40. The normalized spacial score (nSPS) is 14.9. The van der Waals surface area contributed by atoms with E-state index in [0.29, 0.717) is 48.1 Å². The molecule has 0 spiro atoms. The SMILES string of the molecule is Cc1nn(-c2ccc3nnc(C)n3n2)c(C)c1CCC(=O)N1CCN(Cc2ccc(S(=O)(=O)I)cc2)CC1. The maximum absolute atomic E-state index is 13.0. The largest absolute Gasteiger partial charge is 0.340 e. The third-order valence-electron chi connectivity index (χ3n) is 6.99. The van der Waals surface area contributed by atoms with E-state index in [1.807, 2.05) is 54.6 Å². The van der Waals surface area contributed by atoms with Gasteiger partial charge in [-0.15, -0.1) is 15.3 Å². The molecule has 1 aliphatic heterocycles. The van der Waals surface area contributed by atoms with Crippen molar-refractivity contribution in [2.75, 3.05) is 26.2 Å². The monoisotopic (exact) mass is 648 g/mol. The van der Waals surface area contributed by atoms with Crippen LogP contribution in [-0.4, -0.2) is 79.9 Å². The van der Waals surface area contributed by atoms with Gasteiger partial charge in [-0.1, -0.05) is 12.1 Å². The quantitative estimate of drug-likeness (QED) is 0.222. The summed E-state index contributed by atoms with van der Waals surface area (Å²) in [5.41, 5.74) is 4.67. The predicted molar refractivity (Wildman–Crippen MR) is 150 cm³/mol. The van der Waals surface area contributed by atoms with Crippen LogP contribution >= 0.6 is 21.2 Å². The second kappa shape index (κ2) is 10.7. The van der Waals surface area contributed by atoms with Gasteiger partial charge in [-0.2, -0.15) is 9.61 Å². The minimum absolute atomic E-state index is 0.146. The Kier molecular flexibility index (Phi) is 7.51. The van der Waals surface area contributed by atoms with E-state index in [4.69, 9.17) is 5.10 Å². The van der Waals surface area contributed by atoms with Crippen LogP contribution in [0.25, 0.3) is 11.5 Å². The lowest BCUT2D eigenvalue weighted by molar-refractivity contribution is -0.133. The molecule has 0 unspecified atom stereocenters. The van der Waals surface area contributed by atoms with Crippen molar-refractivity contribution in [3.8, 4) is 5.82 Å². The number of halogens is 1. The molecule has 0 radical (unpaired) electrons. The van der Waals surface area contributed by atoms with Crippen LogP contribution in [0.1, 0.15) is 34.8 Å². The topological polar surface area (TPSA) is 119 Å².